The number of rotatable bonds is 3. The van der Waals surface area contributed by atoms with Crippen LogP contribution >= 0.6 is 34.5 Å². The Bertz CT molecular complexity index is 1000. The van der Waals surface area contributed by atoms with E-state index in [1.165, 1.54) is 12.1 Å². The largest absolute Gasteiger partial charge is 0.512 e. The number of ether oxygens (including phenoxy) is 1. The van der Waals surface area contributed by atoms with E-state index in [1.54, 1.807) is 24.3 Å². The topological polar surface area (TPSA) is 85.6 Å². The van der Waals surface area contributed by atoms with Crippen molar-refractivity contribution in [2.45, 2.75) is 4.21 Å². The molecule has 0 aliphatic carbocycles. The minimum absolute atomic E-state index is 0.104. The van der Waals surface area contributed by atoms with Crippen molar-refractivity contribution in [3.63, 3.8) is 0 Å². The molecule has 0 saturated carbocycles. The van der Waals surface area contributed by atoms with Gasteiger partial charge in [0.25, 0.3) is 10.0 Å². The molecule has 10 heteroatoms. The number of carboxylic acid groups (broad SMARTS) is 1. The predicted octanol–water partition coefficient (Wildman–Crippen LogP) is 4.30. The normalized spacial score (nSPS) is 11.7. The van der Waals surface area contributed by atoms with Gasteiger partial charge >= 0.3 is 6.16 Å². The molecular formula is C13H7Cl2NO5S2. The van der Waals surface area contributed by atoms with Gasteiger partial charge < -0.3 is 9.84 Å². The van der Waals surface area contributed by atoms with Crippen LogP contribution in [0.15, 0.2) is 40.6 Å². The molecule has 120 valence electrons. The van der Waals surface area contributed by atoms with Crippen molar-refractivity contribution in [2.24, 2.45) is 0 Å². The number of para-hydroxylation sites is 1. The number of aromatic nitrogens is 1. The van der Waals surface area contributed by atoms with Crippen LogP contribution in [0.25, 0.3) is 10.9 Å². The van der Waals surface area contributed by atoms with E-state index in [0.29, 0.717) is 5.39 Å². The van der Waals surface area contributed by atoms with Gasteiger partial charge in [-0.05, 0) is 12.1 Å². The van der Waals surface area contributed by atoms with Gasteiger partial charge in [-0.3, -0.25) is 0 Å². The lowest BCUT2D eigenvalue weighted by molar-refractivity contribution is 0.142. The summed E-state index contributed by atoms with van der Waals surface area (Å²) in [5.74, 6) is -0.334. The Kier molecular flexibility index (Phi) is 4.01. The summed E-state index contributed by atoms with van der Waals surface area (Å²) in [5, 5.41) is 9.45. The molecule has 0 unspecified atom stereocenters. The molecule has 3 aromatic rings. The third-order valence-electron chi connectivity index (χ3n) is 2.94. The summed E-state index contributed by atoms with van der Waals surface area (Å²) < 4.78 is 31.2. The fourth-order valence-corrected chi connectivity index (χ4v) is 5.46. The predicted molar refractivity (Wildman–Crippen MR) is 87.5 cm³/mol. The Hall–Kier alpha value is -1.74. The lowest BCUT2D eigenvalue weighted by Crippen LogP contribution is -2.15. The number of halogens is 2. The van der Waals surface area contributed by atoms with E-state index in [2.05, 4.69) is 4.74 Å². The number of nitrogens with zero attached hydrogens (tertiary/aromatic N) is 1. The first-order valence-electron chi connectivity index (χ1n) is 6.02. The van der Waals surface area contributed by atoms with Crippen LogP contribution in [0.1, 0.15) is 0 Å². The van der Waals surface area contributed by atoms with E-state index in [4.69, 9.17) is 28.3 Å². The summed E-state index contributed by atoms with van der Waals surface area (Å²) in [6, 6.07) is 9.06. The zero-order valence-electron chi connectivity index (χ0n) is 11.1. The molecule has 2 aromatic heterocycles. The first kappa shape index (κ1) is 16.1. The van der Waals surface area contributed by atoms with Gasteiger partial charge in [-0.1, -0.05) is 41.4 Å². The third-order valence-corrected chi connectivity index (χ3v) is 6.97. The van der Waals surface area contributed by atoms with Crippen LogP contribution < -0.4 is 4.74 Å². The monoisotopic (exact) mass is 391 g/mol. The Morgan fingerprint density at radius 2 is 1.91 bits per heavy atom. The van der Waals surface area contributed by atoms with Crippen molar-refractivity contribution >= 4 is 61.6 Å². The fraction of sp³-hybridized carbons (Fsp3) is 0. The summed E-state index contributed by atoms with van der Waals surface area (Å²) in [6.45, 7) is 0. The molecule has 0 atom stereocenters. The number of fused-ring (bicyclic) bond motifs is 1. The number of carbonyl (C=O) groups is 1. The first-order chi connectivity index (χ1) is 10.8. The summed E-state index contributed by atoms with van der Waals surface area (Å²) in [5.41, 5.74) is 0.282. The lowest BCUT2D eigenvalue weighted by atomic mass is 10.3. The Morgan fingerprint density at radius 3 is 2.52 bits per heavy atom. The number of hydrogen-bond donors (Lipinski definition) is 1. The standard InChI is InChI=1S/C13H7Cl2NO5S2/c14-8-6-11(22-12(8)15)23(19,20)16-9-4-2-1-3-7(9)5-10(16)21-13(17)18/h1-6H,(H,17,18). The second-order valence-corrected chi connectivity index (χ2v) is 8.44. The highest BCUT2D eigenvalue weighted by atomic mass is 35.5. The summed E-state index contributed by atoms with van der Waals surface area (Å²) in [6.07, 6.45) is -1.62. The van der Waals surface area contributed by atoms with Crippen LogP contribution in [0.3, 0.4) is 0 Å². The molecule has 0 saturated heterocycles. The van der Waals surface area contributed by atoms with Gasteiger partial charge in [0, 0.05) is 11.5 Å². The molecule has 0 aliphatic rings. The third kappa shape index (κ3) is 2.78. The molecule has 3 rings (SSSR count). The molecule has 0 amide bonds. The number of hydrogen-bond acceptors (Lipinski definition) is 5. The maximum atomic E-state index is 12.9. The van der Waals surface area contributed by atoms with E-state index >= 15 is 0 Å². The van der Waals surface area contributed by atoms with E-state index in [0.717, 1.165) is 15.3 Å². The van der Waals surface area contributed by atoms with Crippen molar-refractivity contribution in [3.8, 4) is 5.88 Å². The second-order valence-electron chi connectivity index (χ2n) is 4.37. The minimum Gasteiger partial charge on any atom is -0.449 e. The smallest absolute Gasteiger partial charge is 0.449 e. The molecule has 0 bridgehead atoms. The van der Waals surface area contributed by atoms with E-state index in [1.807, 2.05) is 0 Å². The molecule has 0 aliphatic heterocycles. The molecule has 1 aromatic carbocycles. The summed E-state index contributed by atoms with van der Waals surface area (Å²) in [7, 11) is -4.12. The quantitative estimate of drug-likeness (QED) is 0.672. The first-order valence-corrected chi connectivity index (χ1v) is 9.03. The highest BCUT2D eigenvalue weighted by Gasteiger charge is 2.27. The summed E-state index contributed by atoms with van der Waals surface area (Å²) >= 11 is 12.4. The maximum Gasteiger partial charge on any atom is 0.512 e. The molecule has 0 radical (unpaired) electrons. The second kappa shape index (κ2) is 5.72. The molecule has 0 spiro atoms. The van der Waals surface area contributed by atoms with Gasteiger partial charge in [0.15, 0.2) is 0 Å². The van der Waals surface area contributed by atoms with E-state index in [9.17, 15) is 13.2 Å². The van der Waals surface area contributed by atoms with Gasteiger partial charge in [0.2, 0.25) is 5.88 Å². The van der Waals surface area contributed by atoms with Crippen molar-refractivity contribution in [1.29, 1.82) is 0 Å². The van der Waals surface area contributed by atoms with Crippen molar-refractivity contribution in [1.82, 2.24) is 3.97 Å². The SMILES string of the molecule is O=C(O)Oc1cc2ccccc2n1S(=O)(=O)c1cc(Cl)c(Cl)s1. The van der Waals surface area contributed by atoms with Crippen molar-refractivity contribution in [2.75, 3.05) is 0 Å². The zero-order valence-corrected chi connectivity index (χ0v) is 14.2. The van der Waals surface area contributed by atoms with Crippen molar-refractivity contribution in [3.05, 3.63) is 45.8 Å². The van der Waals surface area contributed by atoms with Crippen LogP contribution in [0.5, 0.6) is 5.88 Å². The average Bonchev–Trinajstić information content (AvgIpc) is 2.99. The summed E-state index contributed by atoms with van der Waals surface area (Å²) in [4.78, 5) is 10.8. The number of benzene rings is 1. The van der Waals surface area contributed by atoms with E-state index < -0.39 is 16.2 Å². The maximum absolute atomic E-state index is 12.9. The Balaban J connectivity index is 2.30. The molecule has 1 N–H and O–H groups in total. The lowest BCUT2D eigenvalue weighted by Gasteiger charge is -2.08. The van der Waals surface area contributed by atoms with Crippen LogP contribution in [-0.2, 0) is 10.0 Å². The molecule has 6 nitrogen and oxygen atoms in total. The van der Waals surface area contributed by atoms with Crippen LogP contribution in [0, 0.1) is 0 Å². The zero-order chi connectivity index (χ0) is 16.8. The van der Waals surface area contributed by atoms with Crippen LogP contribution in [0.2, 0.25) is 9.36 Å². The Morgan fingerprint density at radius 1 is 1.22 bits per heavy atom. The van der Waals surface area contributed by atoms with Crippen molar-refractivity contribution < 1.29 is 23.1 Å². The molecule has 23 heavy (non-hydrogen) atoms. The van der Waals surface area contributed by atoms with E-state index in [-0.39, 0.29) is 25.0 Å². The highest BCUT2D eigenvalue weighted by molar-refractivity contribution is 7.92. The van der Waals surface area contributed by atoms with Crippen LogP contribution in [0.4, 0.5) is 4.79 Å². The van der Waals surface area contributed by atoms with Gasteiger partial charge in [-0.25, -0.2) is 8.77 Å². The molecular weight excluding hydrogens is 385 g/mol. The molecule has 2 heterocycles. The van der Waals surface area contributed by atoms with Gasteiger partial charge in [0.05, 0.1) is 10.5 Å². The minimum atomic E-state index is -4.12. The fourth-order valence-electron chi connectivity index (χ4n) is 2.06. The average molecular weight is 392 g/mol. The Labute approximate surface area is 144 Å². The van der Waals surface area contributed by atoms with Gasteiger partial charge in [-0.2, -0.15) is 8.42 Å². The van der Waals surface area contributed by atoms with Crippen LogP contribution in [-0.4, -0.2) is 23.7 Å². The number of thiophene rings is 1. The highest BCUT2D eigenvalue weighted by Crippen LogP contribution is 2.38. The van der Waals surface area contributed by atoms with Gasteiger partial charge in [0.1, 0.15) is 8.55 Å². The van der Waals surface area contributed by atoms with Gasteiger partial charge in [-0.15, -0.1) is 11.3 Å². The molecule has 0 fully saturated rings.